The van der Waals surface area contributed by atoms with E-state index in [4.69, 9.17) is 11.6 Å². The monoisotopic (exact) mass is 672 g/mol. The van der Waals surface area contributed by atoms with Crippen LogP contribution in [-0.2, 0) is 11.3 Å². The number of benzene rings is 3. The molecule has 0 aliphatic carbocycles. The van der Waals surface area contributed by atoms with E-state index in [-0.39, 0.29) is 29.8 Å². The maximum absolute atomic E-state index is 13.8. The highest BCUT2D eigenvalue weighted by atomic mass is 127. The van der Waals surface area contributed by atoms with Gasteiger partial charge in [-0.1, -0.05) is 79.2 Å². The summed E-state index contributed by atoms with van der Waals surface area (Å²) in [6, 6.07) is 25.7. The maximum Gasteiger partial charge on any atom is 0.251 e. The lowest BCUT2D eigenvalue weighted by atomic mass is 9.95. The van der Waals surface area contributed by atoms with Crippen LogP contribution < -0.4 is 16.0 Å². The zero-order valence-electron chi connectivity index (χ0n) is 22.9. The summed E-state index contributed by atoms with van der Waals surface area (Å²) in [6.45, 7) is 5.45. The van der Waals surface area contributed by atoms with Crippen LogP contribution in [0.1, 0.15) is 53.6 Å². The topological polar surface area (TPSA) is 73.5 Å². The molecule has 1 fully saturated rings. The van der Waals surface area contributed by atoms with Crippen molar-refractivity contribution in [3.8, 4) is 0 Å². The predicted octanol–water partition coefficient (Wildman–Crippen LogP) is 5.61. The number of hydrogen-bond acceptors (Lipinski definition) is 4. The summed E-state index contributed by atoms with van der Waals surface area (Å²) in [6.07, 6.45) is 2.40. The average molecular weight is 673 g/mol. The molecule has 0 spiro atoms. The van der Waals surface area contributed by atoms with Crippen LogP contribution in [0, 0.1) is 3.57 Å². The molecule has 2 amide bonds. The molecule has 1 saturated heterocycles. The fraction of sp³-hybridized carbons (Fsp3) is 0.375. The summed E-state index contributed by atoms with van der Waals surface area (Å²) in [4.78, 5) is 28.7. The Morgan fingerprint density at radius 3 is 2.52 bits per heavy atom. The van der Waals surface area contributed by atoms with Crippen LogP contribution in [0.3, 0.4) is 0 Å². The Balaban J connectivity index is 1.41. The predicted molar refractivity (Wildman–Crippen MR) is 171 cm³/mol. The van der Waals surface area contributed by atoms with Gasteiger partial charge in [0.15, 0.2) is 0 Å². The van der Waals surface area contributed by atoms with Gasteiger partial charge in [0, 0.05) is 47.3 Å². The van der Waals surface area contributed by atoms with E-state index in [2.05, 4.69) is 81.9 Å². The fourth-order valence-electron chi connectivity index (χ4n) is 5.12. The lowest BCUT2D eigenvalue weighted by Crippen LogP contribution is -2.50. The Hall–Kier alpha value is -2.46. The Kier molecular flexibility index (Phi) is 11.8. The number of carbonyl (C=O) groups excluding carboxylic acids is 2. The van der Waals surface area contributed by atoms with Crippen LogP contribution in [0.5, 0.6) is 0 Å². The molecule has 1 aliphatic heterocycles. The van der Waals surface area contributed by atoms with Gasteiger partial charge in [-0.2, -0.15) is 0 Å². The Bertz CT molecular complexity index is 1240. The number of halogens is 2. The smallest absolute Gasteiger partial charge is 0.251 e. The second kappa shape index (κ2) is 15.5. The fourth-order valence-corrected chi connectivity index (χ4v) is 5.76. The van der Waals surface area contributed by atoms with Crippen molar-refractivity contribution >= 4 is 46.0 Å². The van der Waals surface area contributed by atoms with Gasteiger partial charge in [-0.3, -0.25) is 9.59 Å². The van der Waals surface area contributed by atoms with Gasteiger partial charge in [-0.05, 0) is 77.7 Å². The van der Waals surface area contributed by atoms with E-state index in [1.807, 2.05) is 29.2 Å². The molecule has 40 heavy (non-hydrogen) atoms. The average Bonchev–Trinajstić information content (AvgIpc) is 3.13. The van der Waals surface area contributed by atoms with E-state index in [1.54, 1.807) is 18.2 Å². The number of rotatable bonds is 12. The highest BCUT2D eigenvalue weighted by Crippen LogP contribution is 2.23. The first-order valence-corrected chi connectivity index (χ1v) is 15.5. The molecule has 6 nitrogen and oxygen atoms in total. The molecule has 3 aromatic rings. The minimum atomic E-state index is -0.322. The lowest BCUT2D eigenvalue weighted by Gasteiger charge is -2.28. The number of carbonyl (C=O) groups is 2. The third-order valence-electron chi connectivity index (χ3n) is 7.47. The molecule has 3 aromatic carbocycles. The molecule has 8 heteroatoms. The molecule has 4 rings (SSSR count). The van der Waals surface area contributed by atoms with Gasteiger partial charge >= 0.3 is 0 Å². The van der Waals surface area contributed by atoms with E-state index in [0.717, 1.165) is 23.0 Å². The summed E-state index contributed by atoms with van der Waals surface area (Å²) in [5.41, 5.74) is 3.06. The largest absolute Gasteiger partial charge is 0.350 e. The highest BCUT2D eigenvalue weighted by Gasteiger charge is 2.32. The van der Waals surface area contributed by atoms with E-state index in [9.17, 15) is 9.59 Å². The molecule has 0 radical (unpaired) electrons. The van der Waals surface area contributed by atoms with Gasteiger partial charge in [-0.15, -0.1) is 0 Å². The van der Waals surface area contributed by atoms with Crippen molar-refractivity contribution in [3.05, 3.63) is 104 Å². The number of amides is 2. The standard InChI is InChI=1S/C32H38ClIN4O2/c1-2-24(25-11-7-4-8-12-25)22-38-18-16-27(21-36-31(39)26-13-14-28(33)29(34)19-26)37-30(32(38)40)15-17-35-20-23-9-5-3-6-10-23/h3-14,19,24,27,30,35,37H,2,15-18,20-22H2,1H3,(H,36,39)/t24-,27+,30+/m1/s1. The normalized spacial score (nSPS) is 18.3. The second-order valence-corrected chi connectivity index (χ2v) is 11.9. The van der Waals surface area contributed by atoms with E-state index >= 15 is 0 Å². The maximum atomic E-state index is 13.8. The number of hydrogen-bond donors (Lipinski definition) is 3. The zero-order valence-corrected chi connectivity index (χ0v) is 25.8. The summed E-state index contributed by atoms with van der Waals surface area (Å²) in [5, 5.41) is 10.8. The van der Waals surface area contributed by atoms with Crippen LogP contribution in [-0.4, -0.2) is 55.0 Å². The van der Waals surface area contributed by atoms with E-state index in [0.29, 0.717) is 43.2 Å². The number of nitrogens with one attached hydrogen (secondary N) is 3. The van der Waals surface area contributed by atoms with Crippen molar-refractivity contribution in [1.82, 2.24) is 20.9 Å². The Morgan fingerprint density at radius 1 is 1.10 bits per heavy atom. The molecular formula is C32H38ClIN4O2. The van der Waals surface area contributed by atoms with Crippen LogP contribution in [0.25, 0.3) is 0 Å². The molecule has 0 aromatic heterocycles. The summed E-state index contributed by atoms with van der Waals surface area (Å²) in [5.74, 6) is 0.280. The van der Waals surface area contributed by atoms with Crippen molar-refractivity contribution in [3.63, 3.8) is 0 Å². The Morgan fingerprint density at radius 2 is 1.82 bits per heavy atom. The minimum absolute atomic E-state index is 0.0137. The summed E-state index contributed by atoms with van der Waals surface area (Å²) < 4.78 is 0.840. The molecule has 3 atom stereocenters. The Labute approximate surface area is 256 Å². The molecule has 1 aliphatic rings. The number of nitrogens with zero attached hydrogens (tertiary/aromatic N) is 1. The van der Waals surface area contributed by atoms with Gasteiger partial charge < -0.3 is 20.9 Å². The third-order valence-corrected chi connectivity index (χ3v) is 9.01. The van der Waals surface area contributed by atoms with Gasteiger partial charge in [0.25, 0.3) is 5.91 Å². The van der Waals surface area contributed by atoms with Gasteiger partial charge in [0.2, 0.25) is 5.91 Å². The second-order valence-electron chi connectivity index (χ2n) is 10.3. The third kappa shape index (κ3) is 8.77. The van der Waals surface area contributed by atoms with Crippen LogP contribution in [0.2, 0.25) is 5.02 Å². The van der Waals surface area contributed by atoms with Crippen molar-refractivity contribution in [2.24, 2.45) is 0 Å². The summed E-state index contributed by atoms with van der Waals surface area (Å²) >= 11 is 8.26. The van der Waals surface area contributed by atoms with Crippen molar-refractivity contribution in [2.75, 3.05) is 26.2 Å². The first-order valence-electron chi connectivity index (χ1n) is 14.0. The van der Waals surface area contributed by atoms with Crippen molar-refractivity contribution < 1.29 is 9.59 Å². The minimum Gasteiger partial charge on any atom is -0.350 e. The van der Waals surface area contributed by atoms with Crippen molar-refractivity contribution in [2.45, 2.75) is 50.7 Å². The van der Waals surface area contributed by atoms with Gasteiger partial charge in [0.1, 0.15) is 0 Å². The SMILES string of the molecule is CC[C@H](CN1CC[C@@H](CNC(=O)c2ccc(Cl)c(I)c2)N[C@@H](CCNCc2ccccc2)C1=O)c1ccccc1. The van der Waals surface area contributed by atoms with Crippen LogP contribution in [0.4, 0.5) is 0 Å². The molecule has 3 N–H and O–H groups in total. The van der Waals surface area contributed by atoms with Crippen LogP contribution in [0.15, 0.2) is 78.9 Å². The van der Waals surface area contributed by atoms with Gasteiger partial charge in [0.05, 0.1) is 11.1 Å². The molecule has 0 bridgehead atoms. The summed E-state index contributed by atoms with van der Waals surface area (Å²) in [7, 11) is 0. The zero-order chi connectivity index (χ0) is 28.3. The molecule has 0 saturated carbocycles. The quantitative estimate of drug-likeness (QED) is 0.173. The van der Waals surface area contributed by atoms with Crippen molar-refractivity contribution in [1.29, 1.82) is 0 Å². The first-order chi connectivity index (χ1) is 19.4. The van der Waals surface area contributed by atoms with Gasteiger partial charge in [-0.25, -0.2) is 0 Å². The molecular weight excluding hydrogens is 635 g/mol. The van der Waals surface area contributed by atoms with Crippen LogP contribution >= 0.6 is 34.2 Å². The highest BCUT2D eigenvalue weighted by molar-refractivity contribution is 14.1. The molecule has 0 unspecified atom stereocenters. The van der Waals surface area contributed by atoms with E-state index < -0.39 is 0 Å². The molecule has 1 heterocycles. The lowest BCUT2D eigenvalue weighted by molar-refractivity contribution is -0.133. The van der Waals surface area contributed by atoms with E-state index in [1.165, 1.54) is 11.1 Å². The molecule has 212 valence electrons. The first kappa shape index (κ1) is 30.5.